The summed E-state index contributed by atoms with van der Waals surface area (Å²) in [7, 11) is 1.28. The average molecular weight is 451 g/mol. The standard InChI is InChI=1S/C24H25N3O6/c1-5-9-17-12-16(13-20(32-6-2)21(17)33-15(3)23(29)31-4)14-25-27-22(28)18-10-7-8-11-19(18)26-24(27)30/h5,7-8,10-15H,1,6,9H2,2-4H3,(H,26,30)/t15-/m0/s1. The van der Waals surface area contributed by atoms with E-state index in [0.29, 0.717) is 46.6 Å². The van der Waals surface area contributed by atoms with Crippen molar-refractivity contribution in [2.45, 2.75) is 26.4 Å². The van der Waals surface area contributed by atoms with Crippen LogP contribution in [0.15, 0.2) is 63.7 Å². The van der Waals surface area contributed by atoms with Crippen molar-refractivity contribution in [3.63, 3.8) is 0 Å². The number of fused-ring (bicyclic) bond motifs is 1. The van der Waals surface area contributed by atoms with Gasteiger partial charge in [0.2, 0.25) is 0 Å². The van der Waals surface area contributed by atoms with Crippen LogP contribution in [0.25, 0.3) is 10.9 Å². The lowest BCUT2D eigenvalue weighted by Gasteiger charge is -2.19. The zero-order valence-electron chi connectivity index (χ0n) is 18.7. The Labute approximate surface area is 189 Å². The van der Waals surface area contributed by atoms with Gasteiger partial charge in [-0.3, -0.25) is 4.79 Å². The predicted molar refractivity (Wildman–Crippen MR) is 125 cm³/mol. The third-order valence-corrected chi connectivity index (χ3v) is 4.75. The summed E-state index contributed by atoms with van der Waals surface area (Å²) in [5.41, 5.74) is 0.500. The lowest BCUT2D eigenvalue weighted by Crippen LogP contribution is -2.32. The second kappa shape index (κ2) is 10.4. The molecule has 0 unspecified atom stereocenters. The smallest absolute Gasteiger partial charge is 0.349 e. The van der Waals surface area contributed by atoms with Crippen LogP contribution in [0, 0.1) is 0 Å². The number of hydrogen-bond acceptors (Lipinski definition) is 7. The molecule has 1 aromatic heterocycles. The minimum absolute atomic E-state index is 0.345. The molecule has 0 saturated carbocycles. The first-order valence-corrected chi connectivity index (χ1v) is 10.3. The summed E-state index contributed by atoms with van der Waals surface area (Å²) in [5.74, 6) is 0.240. The van der Waals surface area contributed by atoms with Crippen LogP contribution < -0.4 is 20.7 Å². The molecule has 0 aliphatic rings. The molecule has 33 heavy (non-hydrogen) atoms. The van der Waals surface area contributed by atoms with Crippen LogP contribution in [0.2, 0.25) is 0 Å². The average Bonchev–Trinajstić information content (AvgIpc) is 2.80. The molecule has 9 nitrogen and oxygen atoms in total. The highest BCUT2D eigenvalue weighted by Crippen LogP contribution is 2.34. The quantitative estimate of drug-likeness (QED) is 0.304. The molecule has 0 bridgehead atoms. The van der Waals surface area contributed by atoms with Gasteiger partial charge in [0.05, 0.1) is 30.8 Å². The number of para-hydroxylation sites is 1. The van der Waals surface area contributed by atoms with Crippen molar-refractivity contribution in [2.75, 3.05) is 13.7 Å². The fourth-order valence-corrected chi connectivity index (χ4v) is 3.23. The zero-order valence-corrected chi connectivity index (χ0v) is 18.7. The third kappa shape index (κ3) is 5.20. The summed E-state index contributed by atoms with van der Waals surface area (Å²) < 4.78 is 17.1. The van der Waals surface area contributed by atoms with Crippen LogP contribution in [0.5, 0.6) is 11.5 Å². The maximum Gasteiger partial charge on any atom is 0.349 e. The normalized spacial score (nSPS) is 12.0. The van der Waals surface area contributed by atoms with Gasteiger partial charge < -0.3 is 19.2 Å². The van der Waals surface area contributed by atoms with E-state index in [-0.39, 0.29) is 0 Å². The monoisotopic (exact) mass is 451 g/mol. The molecule has 1 atom stereocenters. The molecule has 3 rings (SSSR count). The van der Waals surface area contributed by atoms with E-state index in [2.05, 4.69) is 16.7 Å². The Morgan fingerprint density at radius 2 is 2.03 bits per heavy atom. The van der Waals surface area contributed by atoms with E-state index in [0.717, 1.165) is 4.68 Å². The Hall–Kier alpha value is -4.14. The molecular weight excluding hydrogens is 426 g/mol. The van der Waals surface area contributed by atoms with Gasteiger partial charge in [-0.25, -0.2) is 9.59 Å². The topological polar surface area (TPSA) is 112 Å². The molecule has 3 aromatic rings. The van der Waals surface area contributed by atoms with Gasteiger partial charge in [0.1, 0.15) is 0 Å². The molecule has 1 N–H and O–H groups in total. The first kappa shape index (κ1) is 23.5. The van der Waals surface area contributed by atoms with Crippen LogP contribution in [-0.2, 0) is 16.0 Å². The number of aromatic nitrogens is 2. The summed E-state index contributed by atoms with van der Waals surface area (Å²) in [6.07, 6.45) is 2.63. The number of ether oxygens (including phenoxy) is 3. The number of methoxy groups -OCH3 is 1. The number of esters is 1. The summed E-state index contributed by atoms with van der Waals surface area (Å²) >= 11 is 0. The first-order valence-electron chi connectivity index (χ1n) is 10.3. The van der Waals surface area contributed by atoms with Crippen molar-refractivity contribution in [2.24, 2.45) is 5.10 Å². The highest BCUT2D eigenvalue weighted by atomic mass is 16.6. The fraction of sp³-hybridized carbons (Fsp3) is 0.250. The number of aromatic amines is 1. The number of carbonyl (C=O) groups excluding carboxylic acids is 1. The van der Waals surface area contributed by atoms with Crippen LogP contribution >= 0.6 is 0 Å². The second-order valence-corrected chi connectivity index (χ2v) is 7.05. The molecule has 0 aliphatic heterocycles. The molecule has 0 radical (unpaired) electrons. The summed E-state index contributed by atoms with van der Waals surface area (Å²) in [5, 5.41) is 4.44. The lowest BCUT2D eigenvalue weighted by atomic mass is 10.1. The highest BCUT2D eigenvalue weighted by Gasteiger charge is 2.20. The van der Waals surface area contributed by atoms with E-state index < -0.39 is 23.3 Å². The van der Waals surface area contributed by atoms with Crippen LogP contribution in [0.3, 0.4) is 0 Å². The molecule has 9 heteroatoms. The van der Waals surface area contributed by atoms with E-state index in [1.165, 1.54) is 13.3 Å². The maximum absolute atomic E-state index is 12.7. The molecule has 2 aromatic carbocycles. The molecule has 0 fully saturated rings. The molecule has 0 saturated heterocycles. The molecule has 0 aliphatic carbocycles. The Morgan fingerprint density at radius 3 is 2.73 bits per heavy atom. The number of allylic oxidation sites excluding steroid dienone is 1. The van der Waals surface area contributed by atoms with E-state index in [1.54, 1.807) is 49.4 Å². The number of rotatable bonds is 9. The fourth-order valence-electron chi connectivity index (χ4n) is 3.23. The molecule has 0 spiro atoms. The number of nitrogens with one attached hydrogen (secondary N) is 1. The lowest BCUT2D eigenvalue weighted by molar-refractivity contribution is -0.147. The van der Waals surface area contributed by atoms with Crippen molar-refractivity contribution in [3.05, 3.63) is 81.0 Å². The van der Waals surface area contributed by atoms with Crippen molar-refractivity contribution in [3.8, 4) is 11.5 Å². The molecular formula is C24H25N3O6. The summed E-state index contributed by atoms with van der Waals surface area (Å²) in [6, 6.07) is 10.1. The summed E-state index contributed by atoms with van der Waals surface area (Å²) in [6.45, 7) is 7.51. The van der Waals surface area contributed by atoms with E-state index in [4.69, 9.17) is 14.2 Å². The number of carbonyl (C=O) groups is 1. The predicted octanol–water partition coefficient (Wildman–Crippen LogP) is 2.64. The van der Waals surface area contributed by atoms with Gasteiger partial charge in [-0.05, 0) is 50.1 Å². The van der Waals surface area contributed by atoms with Crippen LogP contribution in [0.1, 0.15) is 25.0 Å². The molecule has 0 amide bonds. The van der Waals surface area contributed by atoms with Gasteiger partial charge in [-0.15, -0.1) is 11.3 Å². The van der Waals surface area contributed by atoms with E-state index in [1.807, 2.05) is 6.92 Å². The van der Waals surface area contributed by atoms with Crippen LogP contribution in [-0.4, -0.2) is 41.7 Å². The number of benzene rings is 2. The first-order chi connectivity index (χ1) is 15.9. The van der Waals surface area contributed by atoms with Crippen molar-refractivity contribution in [1.82, 2.24) is 9.66 Å². The van der Waals surface area contributed by atoms with Gasteiger partial charge in [0, 0.05) is 5.56 Å². The zero-order chi connectivity index (χ0) is 24.0. The van der Waals surface area contributed by atoms with Crippen LogP contribution in [0.4, 0.5) is 0 Å². The Bertz CT molecular complexity index is 1320. The second-order valence-electron chi connectivity index (χ2n) is 7.05. The van der Waals surface area contributed by atoms with Gasteiger partial charge in [0.25, 0.3) is 5.56 Å². The Morgan fingerprint density at radius 1 is 1.27 bits per heavy atom. The number of H-pyrrole nitrogens is 1. The minimum Gasteiger partial charge on any atom is -0.490 e. The van der Waals surface area contributed by atoms with Gasteiger partial charge in [0.15, 0.2) is 17.6 Å². The Kier molecular flexibility index (Phi) is 7.45. The largest absolute Gasteiger partial charge is 0.490 e. The summed E-state index contributed by atoms with van der Waals surface area (Å²) in [4.78, 5) is 39.6. The molecule has 1 heterocycles. The van der Waals surface area contributed by atoms with Gasteiger partial charge >= 0.3 is 11.7 Å². The van der Waals surface area contributed by atoms with E-state index in [9.17, 15) is 14.4 Å². The minimum atomic E-state index is -0.855. The van der Waals surface area contributed by atoms with Crippen molar-refractivity contribution in [1.29, 1.82) is 0 Å². The van der Waals surface area contributed by atoms with Crippen molar-refractivity contribution < 1.29 is 19.0 Å². The highest BCUT2D eigenvalue weighted by molar-refractivity contribution is 5.82. The SMILES string of the molecule is C=CCc1cc(C=Nn2c(=O)[nH]c3ccccc3c2=O)cc(OCC)c1O[C@@H](C)C(=O)OC. The maximum atomic E-state index is 12.7. The van der Waals surface area contributed by atoms with Gasteiger partial charge in [-0.1, -0.05) is 18.2 Å². The Balaban J connectivity index is 2.07. The number of hydrogen-bond donors (Lipinski definition) is 1. The van der Waals surface area contributed by atoms with Gasteiger partial charge in [-0.2, -0.15) is 5.10 Å². The third-order valence-electron chi connectivity index (χ3n) is 4.75. The number of nitrogens with zero attached hydrogens (tertiary/aromatic N) is 2. The van der Waals surface area contributed by atoms with E-state index >= 15 is 0 Å². The van der Waals surface area contributed by atoms with Crippen molar-refractivity contribution >= 4 is 23.1 Å². The molecule has 172 valence electrons.